The van der Waals surface area contributed by atoms with E-state index in [1.807, 2.05) is 17.2 Å². The number of piperidine rings is 2. The lowest BCUT2D eigenvalue weighted by atomic mass is 9.74. The Kier molecular flexibility index (Phi) is 9.85. The second-order valence-electron chi connectivity index (χ2n) is 14.2. The molecular weight excluding hydrogens is 502 g/mol. The standard InChI is InChI=1S/C31H53N7O2/c1-12-15-37(16-13-2)27-34-25(22-17-28(4,5)35-29(6,7)18-22)33-26(38(27)32-21-24(39)40-14-3)23-19-30(8,9)36-31(10,11)20-23/h12-13,21-23,27,35-36H,1-2,14-20H2,3-11H3. The highest BCUT2D eigenvalue weighted by atomic mass is 16.5. The Morgan fingerprint density at radius 2 is 1.43 bits per heavy atom. The van der Waals surface area contributed by atoms with Gasteiger partial charge in [0.1, 0.15) is 17.9 Å². The Hall–Kier alpha value is -2.36. The normalized spacial score (nSPS) is 26.4. The molecule has 0 aliphatic carbocycles. The summed E-state index contributed by atoms with van der Waals surface area (Å²) < 4.78 is 5.18. The van der Waals surface area contributed by atoms with Crippen molar-refractivity contribution in [1.82, 2.24) is 20.5 Å². The molecule has 0 spiro atoms. The third-order valence-electron chi connectivity index (χ3n) is 7.67. The lowest BCUT2D eigenvalue weighted by Gasteiger charge is -2.50. The number of ether oxygens (including phenoxy) is 1. The number of rotatable bonds is 10. The van der Waals surface area contributed by atoms with E-state index in [4.69, 9.17) is 19.8 Å². The zero-order valence-corrected chi connectivity index (χ0v) is 26.4. The van der Waals surface area contributed by atoms with Gasteiger partial charge in [-0.05, 0) is 88.0 Å². The molecule has 0 saturated carbocycles. The van der Waals surface area contributed by atoms with Crippen LogP contribution in [0.1, 0.15) is 88.0 Å². The molecule has 0 amide bonds. The predicted molar refractivity (Wildman–Crippen MR) is 166 cm³/mol. The first kappa shape index (κ1) is 32.2. The van der Waals surface area contributed by atoms with Gasteiger partial charge in [0.15, 0.2) is 0 Å². The molecule has 2 fully saturated rings. The Balaban J connectivity index is 2.18. The summed E-state index contributed by atoms with van der Waals surface area (Å²) in [6.07, 6.45) is 8.11. The van der Waals surface area contributed by atoms with E-state index in [2.05, 4.69) is 84.1 Å². The first-order valence-corrected chi connectivity index (χ1v) is 14.7. The highest BCUT2D eigenvalue weighted by Crippen LogP contribution is 2.39. The maximum absolute atomic E-state index is 12.4. The van der Waals surface area contributed by atoms with Crippen LogP contribution in [0.2, 0.25) is 0 Å². The van der Waals surface area contributed by atoms with Crippen molar-refractivity contribution in [2.24, 2.45) is 26.9 Å². The summed E-state index contributed by atoms with van der Waals surface area (Å²) >= 11 is 0. The average Bonchev–Trinajstić information content (AvgIpc) is 2.78. The highest BCUT2D eigenvalue weighted by Gasteiger charge is 2.46. The molecule has 3 aliphatic heterocycles. The highest BCUT2D eigenvalue weighted by molar-refractivity contribution is 6.23. The lowest BCUT2D eigenvalue weighted by Crippen LogP contribution is -2.62. The van der Waals surface area contributed by atoms with Gasteiger partial charge in [-0.25, -0.2) is 19.8 Å². The number of hydrazone groups is 1. The fourth-order valence-corrected chi connectivity index (χ4v) is 7.21. The fourth-order valence-electron chi connectivity index (χ4n) is 7.21. The molecule has 2 N–H and O–H groups in total. The topological polar surface area (TPSA) is 93.9 Å². The van der Waals surface area contributed by atoms with Crippen molar-refractivity contribution in [3.05, 3.63) is 25.3 Å². The zero-order chi connectivity index (χ0) is 29.9. The molecular formula is C31H53N7O2. The molecule has 2 saturated heterocycles. The van der Waals surface area contributed by atoms with Gasteiger partial charge in [-0.1, -0.05) is 12.2 Å². The second kappa shape index (κ2) is 12.2. The number of nitrogens with one attached hydrogen (secondary N) is 2. The van der Waals surface area contributed by atoms with Gasteiger partial charge in [0.25, 0.3) is 0 Å². The number of carbonyl (C=O) groups excluding carboxylic acids is 1. The van der Waals surface area contributed by atoms with Crippen LogP contribution in [-0.4, -0.2) is 81.9 Å². The minimum absolute atomic E-state index is 0.0556. The smallest absolute Gasteiger partial charge is 0.351 e. The van der Waals surface area contributed by atoms with Gasteiger partial charge in [0.2, 0.25) is 6.29 Å². The summed E-state index contributed by atoms with van der Waals surface area (Å²) in [6.45, 7) is 29.2. The molecule has 9 nitrogen and oxygen atoms in total. The van der Waals surface area contributed by atoms with Crippen LogP contribution in [0.25, 0.3) is 0 Å². The SMILES string of the molecule is C=CCN(CC=C)C1N=C(C2CC(C)(C)NC(C)(C)C2)N=C(C2CC(C)(C)NC(C)(C)C2)N1N=CC(=O)OCC. The van der Waals surface area contributed by atoms with Crippen molar-refractivity contribution in [3.8, 4) is 0 Å². The predicted octanol–water partition coefficient (Wildman–Crippen LogP) is 4.72. The van der Waals surface area contributed by atoms with E-state index in [1.165, 1.54) is 6.21 Å². The number of esters is 1. The van der Waals surface area contributed by atoms with Gasteiger partial charge in [0, 0.05) is 47.1 Å². The number of amidine groups is 2. The molecule has 0 aromatic carbocycles. The van der Waals surface area contributed by atoms with Crippen LogP contribution in [0.15, 0.2) is 40.4 Å². The van der Waals surface area contributed by atoms with E-state index < -0.39 is 12.3 Å². The molecule has 0 aromatic rings. The number of aliphatic imine (C=N–C) groups is 2. The van der Waals surface area contributed by atoms with Crippen LogP contribution < -0.4 is 10.6 Å². The van der Waals surface area contributed by atoms with Gasteiger partial charge >= 0.3 is 5.97 Å². The van der Waals surface area contributed by atoms with Crippen LogP contribution in [0.3, 0.4) is 0 Å². The van der Waals surface area contributed by atoms with Gasteiger partial charge in [-0.2, -0.15) is 5.10 Å². The summed E-state index contributed by atoms with van der Waals surface area (Å²) in [4.78, 5) is 25.2. The van der Waals surface area contributed by atoms with Gasteiger partial charge < -0.3 is 15.4 Å². The lowest BCUT2D eigenvalue weighted by molar-refractivity contribution is -0.134. The summed E-state index contributed by atoms with van der Waals surface area (Å²) in [6, 6.07) is 0. The third-order valence-corrected chi connectivity index (χ3v) is 7.67. The molecule has 1 atom stereocenters. The fraction of sp³-hybridized carbons (Fsp3) is 0.742. The Morgan fingerprint density at radius 3 is 1.88 bits per heavy atom. The van der Waals surface area contributed by atoms with E-state index in [-0.39, 0.29) is 40.6 Å². The average molecular weight is 556 g/mol. The summed E-state index contributed by atoms with van der Waals surface area (Å²) in [5, 5.41) is 14.1. The molecule has 0 radical (unpaired) electrons. The van der Waals surface area contributed by atoms with Crippen molar-refractivity contribution in [3.63, 3.8) is 0 Å². The maximum Gasteiger partial charge on any atom is 0.351 e. The van der Waals surface area contributed by atoms with Crippen molar-refractivity contribution in [2.75, 3.05) is 19.7 Å². The van der Waals surface area contributed by atoms with E-state index in [0.29, 0.717) is 13.1 Å². The van der Waals surface area contributed by atoms with Crippen LogP contribution >= 0.6 is 0 Å². The van der Waals surface area contributed by atoms with Gasteiger partial charge in [-0.3, -0.25) is 4.90 Å². The molecule has 0 bridgehead atoms. The van der Waals surface area contributed by atoms with E-state index in [9.17, 15) is 4.79 Å². The number of nitrogens with zero attached hydrogens (tertiary/aromatic N) is 5. The van der Waals surface area contributed by atoms with Gasteiger partial charge in [0.05, 0.1) is 6.61 Å². The molecule has 3 heterocycles. The van der Waals surface area contributed by atoms with Crippen LogP contribution in [0.4, 0.5) is 0 Å². The summed E-state index contributed by atoms with van der Waals surface area (Å²) in [5.41, 5.74) is -0.313. The first-order chi connectivity index (χ1) is 18.5. The van der Waals surface area contributed by atoms with E-state index >= 15 is 0 Å². The Bertz CT molecular complexity index is 998. The summed E-state index contributed by atoms with van der Waals surface area (Å²) in [5.74, 6) is 1.51. The first-order valence-electron chi connectivity index (χ1n) is 14.7. The third kappa shape index (κ3) is 8.33. The molecule has 3 rings (SSSR count). The van der Waals surface area contributed by atoms with Gasteiger partial charge in [-0.15, -0.1) is 13.2 Å². The van der Waals surface area contributed by atoms with Crippen molar-refractivity contribution in [2.45, 2.75) is 116 Å². The monoisotopic (exact) mass is 555 g/mol. The molecule has 40 heavy (non-hydrogen) atoms. The van der Waals surface area contributed by atoms with Crippen molar-refractivity contribution < 1.29 is 9.53 Å². The maximum atomic E-state index is 12.4. The summed E-state index contributed by atoms with van der Waals surface area (Å²) in [7, 11) is 0. The minimum Gasteiger partial charge on any atom is -0.462 e. The molecule has 0 aromatic heterocycles. The molecule has 3 aliphatic rings. The van der Waals surface area contributed by atoms with Crippen LogP contribution in [0, 0.1) is 11.8 Å². The second-order valence-corrected chi connectivity index (χ2v) is 14.2. The minimum atomic E-state index is -0.494. The quantitative estimate of drug-likeness (QED) is 0.230. The van der Waals surface area contributed by atoms with Crippen molar-refractivity contribution >= 4 is 23.9 Å². The Labute approximate surface area is 242 Å². The number of hydrogen-bond donors (Lipinski definition) is 2. The number of carbonyl (C=O) groups is 1. The number of hydrogen-bond acceptors (Lipinski definition) is 9. The molecule has 224 valence electrons. The zero-order valence-electron chi connectivity index (χ0n) is 26.4. The largest absolute Gasteiger partial charge is 0.462 e. The van der Waals surface area contributed by atoms with Crippen molar-refractivity contribution in [1.29, 1.82) is 0 Å². The van der Waals surface area contributed by atoms with Crippen LogP contribution in [0.5, 0.6) is 0 Å². The molecule has 9 heteroatoms. The molecule has 1 unspecified atom stereocenters. The van der Waals surface area contributed by atoms with Crippen LogP contribution in [-0.2, 0) is 9.53 Å². The van der Waals surface area contributed by atoms with E-state index in [1.54, 1.807) is 6.92 Å². The van der Waals surface area contributed by atoms with E-state index in [0.717, 1.165) is 37.4 Å². The Morgan fingerprint density at radius 1 is 0.950 bits per heavy atom.